The van der Waals surface area contributed by atoms with E-state index in [0.717, 1.165) is 38.4 Å². The predicted molar refractivity (Wildman–Crippen MR) is 115 cm³/mol. The molecule has 0 radical (unpaired) electrons. The Morgan fingerprint density at radius 1 is 1.07 bits per heavy atom. The summed E-state index contributed by atoms with van der Waals surface area (Å²) < 4.78 is 23.6. The van der Waals surface area contributed by atoms with Gasteiger partial charge in [0.25, 0.3) is 0 Å². The molecule has 0 aromatic heterocycles. The van der Waals surface area contributed by atoms with Gasteiger partial charge in [-0.2, -0.15) is 0 Å². The van der Waals surface area contributed by atoms with E-state index in [2.05, 4.69) is 20.1 Å². The Balaban J connectivity index is 1.46. The van der Waals surface area contributed by atoms with Gasteiger partial charge in [-0.1, -0.05) is 0 Å². The number of ether oxygens (including phenoxy) is 2. The highest BCUT2D eigenvalue weighted by molar-refractivity contribution is 5.94. The van der Waals surface area contributed by atoms with Gasteiger partial charge in [-0.15, -0.1) is 0 Å². The highest BCUT2D eigenvalue weighted by Crippen LogP contribution is 2.28. The standard InChI is InChI=1S/C21H28FN5O2/c1-28-18-7-8-20(29-2)19(15-18)25-21(23)24-9-10-26-11-13-27(14-12-26)17-5-3-16(22)4-6-17/h3-8,15H,9-14H2,1-2H3,(H3,23,24,25). The van der Waals surface area contributed by atoms with Crippen LogP contribution in [-0.4, -0.2) is 64.3 Å². The first-order valence-electron chi connectivity index (χ1n) is 9.61. The summed E-state index contributed by atoms with van der Waals surface area (Å²) in [5, 5.41) is 3.07. The van der Waals surface area contributed by atoms with E-state index < -0.39 is 0 Å². The van der Waals surface area contributed by atoms with Gasteiger partial charge in [-0.3, -0.25) is 9.89 Å². The van der Waals surface area contributed by atoms with Gasteiger partial charge in [-0.05, 0) is 36.4 Å². The molecule has 1 saturated heterocycles. The molecule has 0 amide bonds. The van der Waals surface area contributed by atoms with Gasteiger partial charge in [-0.25, -0.2) is 4.39 Å². The van der Waals surface area contributed by atoms with Gasteiger partial charge < -0.3 is 25.4 Å². The van der Waals surface area contributed by atoms with Gasteiger partial charge in [0.1, 0.15) is 17.3 Å². The van der Waals surface area contributed by atoms with Gasteiger partial charge in [0.2, 0.25) is 0 Å². The summed E-state index contributed by atoms with van der Waals surface area (Å²) in [6.45, 7) is 5.11. The zero-order chi connectivity index (χ0) is 20.6. The van der Waals surface area contributed by atoms with Crippen LogP contribution < -0.4 is 25.4 Å². The fourth-order valence-electron chi connectivity index (χ4n) is 3.28. The SMILES string of the molecule is COc1ccc(OC)c(NC(N)=NCCN2CCN(c3ccc(F)cc3)CC2)c1. The third-order valence-corrected chi connectivity index (χ3v) is 4.93. The van der Waals surface area contributed by atoms with Crippen LogP contribution >= 0.6 is 0 Å². The average molecular weight is 401 g/mol. The maximum atomic E-state index is 13.1. The molecule has 1 heterocycles. The first-order chi connectivity index (χ1) is 14.1. The molecule has 8 heteroatoms. The first-order valence-corrected chi connectivity index (χ1v) is 9.61. The minimum absolute atomic E-state index is 0.206. The zero-order valence-corrected chi connectivity index (χ0v) is 16.9. The lowest BCUT2D eigenvalue weighted by molar-refractivity contribution is 0.265. The Labute approximate surface area is 170 Å². The summed E-state index contributed by atoms with van der Waals surface area (Å²) in [7, 11) is 3.21. The summed E-state index contributed by atoms with van der Waals surface area (Å²) in [4.78, 5) is 9.04. The second kappa shape index (κ2) is 9.97. The number of piperazine rings is 1. The second-order valence-electron chi connectivity index (χ2n) is 6.76. The van der Waals surface area contributed by atoms with Crippen LogP contribution in [0.1, 0.15) is 0 Å². The molecule has 29 heavy (non-hydrogen) atoms. The maximum Gasteiger partial charge on any atom is 0.193 e. The number of halogens is 1. The molecule has 0 aliphatic carbocycles. The van der Waals surface area contributed by atoms with Crippen molar-refractivity contribution in [3.05, 3.63) is 48.3 Å². The molecule has 1 aliphatic rings. The molecule has 2 aromatic carbocycles. The van der Waals surface area contributed by atoms with Crippen LogP contribution in [0.25, 0.3) is 0 Å². The van der Waals surface area contributed by atoms with Crippen molar-refractivity contribution in [1.82, 2.24) is 4.90 Å². The third-order valence-electron chi connectivity index (χ3n) is 4.93. The second-order valence-corrected chi connectivity index (χ2v) is 6.76. The number of methoxy groups -OCH3 is 2. The van der Waals surface area contributed by atoms with Crippen LogP contribution in [0.5, 0.6) is 11.5 Å². The minimum atomic E-state index is -0.206. The first kappa shape index (κ1) is 20.7. The monoisotopic (exact) mass is 401 g/mol. The molecule has 2 aromatic rings. The number of nitrogens with two attached hydrogens (primary N) is 1. The highest BCUT2D eigenvalue weighted by Gasteiger charge is 2.16. The number of benzene rings is 2. The fraction of sp³-hybridized carbons (Fsp3) is 0.381. The molecule has 3 N–H and O–H groups in total. The highest BCUT2D eigenvalue weighted by atomic mass is 19.1. The van der Waals surface area contributed by atoms with Crippen LogP contribution in [0.2, 0.25) is 0 Å². The lowest BCUT2D eigenvalue weighted by Crippen LogP contribution is -2.47. The zero-order valence-electron chi connectivity index (χ0n) is 16.9. The molecule has 1 aliphatic heterocycles. The van der Waals surface area contributed by atoms with Crippen LogP contribution in [0, 0.1) is 5.82 Å². The van der Waals surface area contributed by atoms with Crippen molar-refractivity contribution in [2.75, 3.05) is 63.7 Å². The van der Waals surface area contributed by atoms with Crippen molar-refractivity contribution in [2.24, 2.45) is 10.7 Å². The van der Waals surface area contributed by atoms with Crippen LogP contribution in [-0.2, 0) is 0 Å². The van der Waals surface area contributed by atoms with Crippen molar-refractivity contribution in [1.29, 1.82) is 0 Å². The molecule has 0 atom stereocenters. The molecule has 0 unspecified atom stereocenters. The summed E-state index contributed by atoms with van der Waals surface area (Å²) >= 11 is 0. The Hall–Kier alpha value is -3.00. The Morgan fingerprint density at radius 3 is 2.45 bits per heavy atom. The maximum absolute atomic E-state index is 13.1. The predicted octanol–water partition coefficient (Wildman–Crippen LogP) is 2.39. The van der Waals surface area contributed by atoms with Gasteiger partial charge in [0.15, 0.2) is 5.96 Å². The summed E-state index contributed by atoms with van der Waals surface area (Å²) in [5.41, 5.74) is 7.80. The number of guanidine groups is 1. The van der Waals surface area contributed by atoms with Crippen LogP contribution in [0.15, 0.2) is 47.5 Å². The lowest BCUT2D eigenvalue weighted by Gasteiger charge is -2.35. The number of aliphatic imine (C=N–C) groups is 1. The molecule has 1 fully saturated rings. The molecular formula is C21H28FN5O2. The fourth-order valence-corrected chi connectivity index (χ4v) is 3.28. The number of nitrogens with one attached hydrogen (secondary N) is 1. The van der Waals surface area contributed by atoms with Crippen LogP contribution in [0.4, 0.5) is 15.8 Å². The van der Waals surface area contributed by atoms with Crippen molar-refractivity contribution < 1.29 is 13.9 Å². The largest absolute Gasteiger partial charge is 0.497 e. The number of hydrogen-bond acceptors (Lipinski definition) is 5. The topological polar surface area (TPSA) is 75.3 Å². The normalized spacial score (nSPS) is 15.3. The van der Waals surface area contributed by atoms with Gasteiger partial charge in [0, 0.05) is 44.5 Å². The lowest BCUT2D eigenvalue weighted by atomic mass is 10.2. The number of rotatable bonds is 7. The smallest absolute Gasteiger partial charge is 0.193 e. The Bertz CT molecular complexity index is 820. The van der Waals surface area contributed by atoms with Crippen LogP contribution in [0.3, 0.4) is 0 Å². The van der Waals surface area contributed by atoms with Crippen molar-refractivity contribution in [3.8, 4) is 11.5 Å². The van der Waals surface area contributed by atoms with Gasteiger partial charge in [0.05, 0.1) is 26.5 Å². The average Bonchev–Trinajstić information content (AvgIpc) is 2.75. The van der Waals surface area contributed by atoms with E-state index in [9.17, 15) is 4.39 Å². The molecule has 156 valence electrons. The molecule has 0 bridgehead atoms. The number of anilines is 2. The van der Waals surface area contributed by atoms with E-state index in [-0.39, 0.29) is 5.82 Å². The third kappa shape index (κ3) is 5.74. The molecule has 0 spiro atoms. The Morgan fingerprint density at radius 2 is 1.79 bits per heavy atom. The van der Waals surface area contributed by atoms with Crippen molar-refractivity contribution >= 4 is 17.3 Å². The van der Waals surface area contributed by atoms with E-state index in [1.165, 1.54) is 12.1 Å². The molecule has 3 rings (SSSR count). The Kier molecular flexibility index (Phi) is 7.13. The van der Waals surface area contributed by atoms with E-state index >= 15 is 0 Å². The summed E-state index contributed by atoms with van der Waals surface area (Å²) in [6, 6.07) is 12.1. The van der Waals surface area contributed by atoms with E-state index in [1.54, 1.807) is 14.2 Å². The molecular weight excluding hydrogens is 373 g/mol. The molecule has 7 nitrogen and oxygen atoms in total. The quantitative estimate of drug-likeness (QED) is 0.548. The minimum Gasteiger partial charge on any atom is -0.497 e. The van der Waals surface area contributed by atoms with Crippen molar-refractivity contribution in [2.45, 2.75) is 0 Å². The summed E-state index contributed by atoms with van der Waals surface area (Å²) in [5.74, 6) is 1.51. The van der Waals surface area contributed by atoms with E-state index in [0.29, 0.717) is 29.7 Å². The number of hydrogen-bond donors (Lipinski definition) is 2. The van der Waals surface area contributed by atoms with E-state index in [1.807, 2.05) is 30.3 Å². The number of nitrogens with zero attached hydrogens (tertiary/aromatic N) is 3. The van der Waals surface area contributed by atoms with E-state index in [4.69, 9.17) is 15.2 Å². The summed E-state index contributed by atoms with van der Waals surface area (Å²) in [6.07, 6.45) is 0. The molecule has 0 saturated carbocycles. The van der Waals surface area contributed by atoms with Gasteiger partial charge >= 0.3 is 0 Å². The van der Waals surface area contributed by atoms with Crippen molar-refractivity contribution in [3.63, 3.8) is 0 Å².